The SMILES string of the molecule is COC(=O)[C@H](Cc1c(-c2ccc(Cl)cc2)[nH]c2ccccc12)NC(C)=O. The van der Waals surface area contributed by atoms with E-state index in [2.05, 4.69) is 10.3 Å². The molecule has 0 spiro atoms. The zero-order valence-electron chi connectivity index (χ0n) is 14.5. The number of carbonyl (C=O) groups is 2. The number of H-pyrrole nitrogens is 1. The summed E-state index contributed by atoms with van der Waals surface area (Å²) < 4.78 is 4.85. The molecule has 1 atom stereocenters. The van der Waals surface area contributed by atoms with Crippen LogP contribution in [0, 0.1) is 0 Å². The van der Waals surface area contributed by atoms with Gasteiger partial charge >= 0.3 is 5.97 Å². The molecule has 1 aromatic heterocycles. The molecule has 0 aliphatic carbocycles. The van der Waals surface area contributed by atoms with Gasteiger partial charge in [-0.05, 0) is 29.3 Å². The number of aromatic amines is 1. The number of methoxy groups -OCH3 is 1. The minimum atomic E-state index is -0.761. The van der Waals surface area contributed by atoms with E-state index in [4.69, 9.17) is 16.3 Å². The number of ether oxygens (including phenoxy) is 1. The Labute approximate surface area is 156 Å². The largest absolute Gasteiger partial charge is 0.467 e. The summed E-state index contributed by atoms with van der Waals surface area (Å²) in [7, 11) is 1.31. The molecule has 2 aromatic carbocycles. The van der Waals surface area contributed by atoms with Gasteiger partial charge < -0.3 is 15.0 Å². The Balaban J connectivity index is 2.10. The number of esters is 1. The van der Waals surface area contributed by atoms with Gasteiger partial charge in [0.2, 0.25) is 5.91 Å². The van der Waals surface area contributed by atoms with E-state index in [1.54, 1.807) is 0 Å². The van der Waals surface area contributed by atoms with Gasteiger partial charge in [0, 0.05) is 35.0 Å². The summed E-state index contributed by atoms with van der Waals surface area (Å²) in [5.41, 5.74) is 3.74. The number of carbonyl (C=O) groups excluding carboxylic acids is 2. The fraction of sp³-hybridized carbons (Fsp3) is 0.200. The van der Waals surface area contributed by atoms with Crippen LogP contribution in [0.1, 0.15) is 12.5 Å². The van der Waals surface area contributed by atoms with Crippen LogP contribution in [0.5, 0.6) is 0 Å². The van der Waals surface area contributed by atoms with Crippen LogP contribution in [0.2, 0.25) is 5.02 Å². The standard InChI is InChI=1S/C20H19ClN2O3/c1-12(24)22-18(20(25)26-2)11-16-15-5-3-4-6-17(15)23-19(16)13-7-9-14(21)10-8-13/h3-10,18,23H,11H2,1-2H3,(H,22,24)/t18-/m0/s1. The molecule has 6 heteroatoms. The zero-order chi connectivity index (χ0) is 18.7. The molecule has 2 N–H and O–H groups in total. The van der Waals surface area contributed by atoms with Gasteiger partial charge in [0.25, 0.3) is 0 Å². The van der Waals surface area contributed by atoms with Crippen molar-refractivity contribution in [3.63, 3.8) is 0 Å². The van der Waals surface area contributed by atoms with Crippen molar-refractivity contribution < 1.29 is 14.3 Å². The smallest absolute Gasteiger partial charge is 0.328 e. The Morgan fingerprint density at radius 2 is 1.85 bits per heavy atom. The minimum Gasteiger partial charge on any atom is -0.467 e. The second-order valence-corrected chi connectivity index (χ2v) is 6.45. The van der Waals surface area contributed by atoms with Gasteiger partial charge in [-0.1, -0.05) is 41.9 Å². The van der Waals surface area contributed by atoms with Crippen molar-refractivity contribution in [3.8, 4) is 11.3 Å². The summed E-state index contributed by atoms with van der Waals surface area (Å²) >= 11 is 6.00. The molecule has 3 rings (SSSR count). The molecule has 0 saturated heterocycles. The van der Waals surface area contributed by atoms with E-state index in [0.29, 0.717) is 11.4 Å². The molecule has 1 heterocycles. The second kappa shape index (κ2) is 7.62. The molecule has 3 aromatic rings. The van der Waals surface area contributed by atoms with Crippen LogP contribution in [0.3, 0.4) is 0 Å². The van der Waals surface area contributed by atoms with Gasteiger partial charge in [0.15, 0.2) is 0 Å². The molecule has 0 unspecified atom stereocenters. The monoisotopic (exact) mass is 370 g/mol. The molecule has 26 heavy (non-hydrogen) atoms. The molecule has 0 bridgehead atoms. The maximum absolute atomic E-state index is 12.1. The Hall–Kier alpha value is -2.79. The first-order chi connectivity index (χ1) is 12.5. The van der Waals surface area contributed by atoms with Crippen molar-refractivity contribution >= 4 is 34.4 Å². The first kappa shape index (κ1) is 18.0. The van der Waals surface area contributed by atoms with Crippen molar-refractivity contribution in [2.45, 2.75) is 19.4 Å². The Morgan fingerprint density at radius 1 is 1.15 bits per heavy atom. The maximum atomic E-state index is 12.1. The first-order valence-corrected chi connectivity index (χ1v) is 8.58. The minimum absolute atomic E-state index is 0.284. The van der Waals surface area contributed by atoms with Crippen molar-refractivity contribution in [2.24, 2.45) is 0 Å². The summed E-state index contributed by atoms with van der Waals surface area (Å²) in [6.45, 7) is 1.38. The number of hydrogen-bond donors (Lipinski definition) is 2. The van der Waals surface area contributed by atoms with Gasteiger partial charge in [-0.15, -0.1) is 0 Å². The number of fused-ring (bicyclic) bond motifs is 1. The zero-order valence-corrected chi connectivity index (χ0v) is 15.3. The number of aromatic nitrogens is 1. The summed E-state index contributed by atoms with van der Waals surface area (Å²) in [4.78, 5) is 27.1. The molecule has 5 nitrogen and oxygen atoms in total. The first-order valence-electron chi connectivity index (χ1n) is 8.20. The van der Waals surface area contributed by atoms with Gasteiger partial charge in [-0.25, -0.2) is 4.79 Å². The highest BCUT2D eigenvalue weighted by Gasteiger charge is 2.24. The number of amides is 1. The number of halogens is 1. The predicted octanol–water partition coefficient (Wildman–Crippen LogP) is 3.71. The van der Waals surface area contributed by atoms with Crippen LogP contribution in [-0.4, -0.2) is 30.0 Å². The van der Waals surface area contributed by atoms with Crippen LogP contribution in [0.25, 0.3) is 22.2 Å². The van der Waals surface area contributed by atoms with Crippen LogP contribution in [0.15, 0.2) is 48.5 Å². The summed E-state index contributed by atoms with van der Waals surface area (Å²) in [5, 5.41) is 4.32. The molecular formula is C20H19ClN2O3. The molecule has 0 fully saturated rings. The third kappa shape index (κ3) is 3.73. The van der Waals surface area contributed by atoms with E-state index < -0.39 is 12.0 Å². The quantitative estimate of drug-likeness (QED) is 0.672. The van der Waals surface area contributed by atoms with E-state index in [1.807, 2.05) is 48.5 Å². The van der Waals surface area contributed by atoms with Crippen molar-refractivity contribution in [1.82, 2.24) is 10.3 Å². The molecule has 1 amide bonds. The highest BCUT2D eigenvalue weighted by molar-refractivity contribution is 6.30. The van der Waals surface area contributed by atoms with Crippen molar-refractivity contribution in [3.05, 3.63) is 59.1 Å². The Morgan fingerprint density at radius 3 is 2.50 bits per heavy atom. The topological polar surface area (TPSA) is 71.2 Å². The lowest BCUT2D eigenvalue weighted by Crippen LogP contribution is -2.42. The molecule has 0 radical (unpaired) electrons. The van der Waals surface area contributed by atoms with Crippen molar-refractivity contribution in [1.29, 1.82) is 0 Å². The van der Waals surface area contributed by atoms with E-state index in [9.17, 15) is 9.59 Å². The van der Waals surface area contributed by atoms with Crippen molar-refractivity contribution in [2.75, 3.05) is 7.11 Å². The lowest BCUT2D eigenvalue weighted by Gasteiger charge is -2.16. The highest BCUT2D eigenvalue weighted by atomic mass is 35.5. The lowest BCUT2D eigenvalue weighted by atomic mass is 9.98. The maximum Gasteiger partial charge on any atom is 0.328 e. The van der Waals surface area contributed by atoms with Gasteiger partial charge in [-0.2, -0.15) is 0 Å². The third-order valence-electron chi connectivity index (χ3n) is 4.22. The number of rotatable bonds is 5. The number of nitrogens with one attached hydrogen (secondary N) is 2. The Kier molecular flexibility index (Phi) is 5.28. The number of para-hydroxylation sites is 1. The fourth-order valence-corrected chi connectivity index (χ4v) is 3.19. The number of hydrogen-bond acceptors (Lipinski definition) is 3. The third-order valence-corrected chi connectivity index (χ3v) is 4.47. The Bertz CT molecular complexity index is 947. The molecule has 0 aliphatic rings. The molecular weight excluding hydrogens is 352 g/mol. The average Bonchev–Trinajstić information content (AvgIpc) is 2.99. The molecule has 134 valence electrons. The van der Waals surface area contributed by atoms with Crippen LogP contribution in [-0.2, 0) is 20.7 Å². The lowest BCUT2D eigenvalue weighted by molar-refractivity contribution is -0.144. The summed E-state index contributed by atoms with van der Waals surface area (Å²) in [5.74, 6) is -0.763. The highest BCUT2D eigenvalue weighted by Crippen LogP contribution is 2.32. The van der Waals surface area contributed by atoms with Crippen LogP contribution < -0.4 is 5.32 Å². The van der Waals surface area contributed by atoms with Gasteiger partial charge in [0.1, 0.15) is 6.04 Å². The fourth-order valence-electron chi connectivity index (χ4n) is 3.06. The summed E-state index contributed by atoms with van der Waals surface area (Å²) in [6, 6.07) is 14.6. The van der Waals surface area contributed by atoms with E-state index in [1.165, 1.54) is 14.0 Å². The normalized spacial score (nSPS) is 12.0. The van der Waals surface area contributed by atoms with Gasteiger partial charge in [0.05, 0.1) is 7.11 Å². The predicted molar refractivity (Wildman–Crippen MR) is 102 cm³/mol. The molecule has 0 aliphatic heterocycles. The van der Waals surface area contributed by atoms with E-state index >= 15 is 0 Å². The van der Waals surface area contributed by atoms with E-state index in [0.717, 1.165) is 27.7 Å². The van der Waals surface area contributed by atoms with Gasteiger partial charge in [-0.3, -0.25) is 4.79 Å². The van der Waals surface area contributed by atoms with Crippen LogP contribution in [0.4, 0.5) is 0 Å². The molecule has 0 saturated carbocycles. The van der Waals surface area contributed by atoms with Crippen LogP contribution >= 0.6 is 11.6 Å². The average molecular weight is 371 g/mol. The number of benzene rings is 2. The van der Waals surface area contributed by atoms with E-state index in [-0.39, 0.29) is 5.91 Å². The second-order valence-electron chi connectivity index (χ2n) is 6.01. The summed E-state index contributed by atoms with van der Waals surface area (Å²) in [6.07, 6.45) is 0.314.